The van der Waals surface area contributed by atoms with E-state index >= 15 is 0 Å². The predicted octanol–water partition coefficient (Wildman–Crippen LogP) is 2.10. The maximum Gasteiger partial charge on any atom is 0.137 e. The molecule has 0 bridgehead atoms. The summed E-state index contributed by atoms with van der Waals surface area (Å²) >= 11 is 0. The summed E-state index contributed by atoms with van der Waals surface area (Å²) in [6.45, 7) is 2.82. The van der Waals surface area contributed by atoms with E-state index in [1.54, 1.807) is 19.6 Å². The predicted molar refractivity (Wildman–Crippen MR) is 70.9 cm³/mol. The highest BCUT2D eigenvalue weighted by atomic mass is 16.5. The number of nitrogens with zero attached hydrogens (tertiary/aromatic N) is 3. The van der Waals surface area contributed by atoms with Crippen LogP contribution in [-0.4, -0.2) is 34.3 Å². The Morgan fingerprint density at radius 1 is 1.44 bits per heavy atom. The van der Waals surface area contributed by atoms with E-state index < -0.39 is 0 Å². The van der Waals surface area contributed by atoms with Gasteiger partial charge in [-0.05, 0) is 18.6 Å². The van der Waals surface area contributed by atoms with Gasteiger partial charge in [0.15, 0.2) is 0 Å². The Morgan fingerprint density at radius 3 is 2.89 bits per heavy atom. The third kappa shape index (κ3) is 3.07. The quantitative estimate of drug-likeness (QED) is 0.848. The minimum absolute atomic E-state index is 0.316. The van der Waals surface area contributed by atoms with E-state index in [4.69, 9.17) is 4.74 Å². The fourth-order valence-corrected chi connectivity index (χ4v) is 1.72. The fourth-order valence-electron chi connectivity index (χ4n) is 1.72. The highest BCUT2D eigenvalue weighted by Crippen LogP contribution is 2.11. The van der Waals surface area contributed by atoms with Crippen LogP contribution in [-0.2, 0) is 4.74 Å². The van der Waals surface area contributed by atoms with Crippen molar-refractivity contribution in [1.29, 1.82) is 0 Å². The standard InChI is InChI=1S/C13H18N4O/c1-3-11(9-18-2)16-12-4-5-13(15-8-12)17-7-6-14-10-17/h4-8,10-11,16H,3,9H2,1-2H3. The first-order valence-corrected chi connectivity index (χ1v) is 6.03. The minimum Gasteiger partial charge on any atom is -0.383 e. The maximum atomic E-state index is 5.15. The van der Waals surface area contributed by atoms with Gasteiger partial charge in [-0.15, -0.1) is 0 Å². The molecule has 0 aliphatic heterocycles. The average molecular weight is 246 g/mol. The fraction of sp³-hybridized carbons (Fsp3) is 0.385. The first kappa shape index (κ1) is 12.6. The second kappa shape index (κ2) is 6.16. The molecule has 2 heterocycles. The number of hydrogen-bond donors (Lipinski definition) is 1. The van der Waals surface area contributed by atoms with E-state index in [-0.39, 0.29) is 0 Å². The molecule has 0 spiro atoms. The number of rotatable bonds is 6. The molecule has 0 radical (unpaired) electrons. The molecule has 0 aliphatic carbocycles. The molecule has 5 heteroatoms. The molecule has 5 nitrogen and oxygen atoms in total. The summed E-state index contributed by atoms with van der Waals surface area (Å²) in [4.78, 5) is 8.39. The van der Waals surface area contributed by atoms with E-state index in [0.717, 1.165) is 17.9 Å². The summed E-state index contributed by atoms with van der Waals surface area (Å²) in [6, 6.07) is 4.29. The number of hydrogen-bond acceptors (Lipinski definition) is 4. The van der Waals surface area contributed by atoms with Crippen molar-refractivity contribution in [1.82, 2.24) is 14.5 Å². The zero-order valence-corrected chi connectivity index (χ0v) is 10.7. The monoisotopic (exact) mass is 246 g/mol. The van der Waals surface area contributed by atoms with Crippen molar-refractivity contribution in [2.75, 3.05) is 19.0 Å². The third-order valence-corrected chi connectivity index (χ3v) is 2.75. The van der Waals surface area contributed by atoms with Crippen LogP contribution < -0.4 is 5.32 Å². The van der Waals surface area contributed by atoms with Crippen molar-refractivity contribution < 1.29 is 4.74 Å². The molecule has 0 saturated carbocycles. The van der Waals surface area contributed by atoms with Crippen molar-refractivity contribution in [2.45, 2.75) is 19.4 Å². The second-order valence-corrected chi connectivity index (χ2v) is 4.08. The molecule has 0 saturated heterocycles. The first-order valence-electron chi connectivity index (χ1n) is 6.03. The van der Waals surface area contributed by atoms with Gasteiger partial charge in [0.2, 0.25) is 0 Å². The van der Waals surface area contributed by atoms with E-state index in [1.165, 1.54) is 0 Å². The number of imidazole rings is 1. The molecule has 0 aromatic carbocycles. The topological polar surface area (TPSA) is 52.0 Å². The van der Waals surface area contributed by atoms with Crippen LogP contribution >= 0.6 is 0 Å². The lowest BCUT2D eigenvalue weighted by Crippen LogP contribution is -2.23. The Morgan fingerprint density at radius 2 is 2.33 bits per heavy atom. The molecule has 0 fully saturated rings. The number of ether oxygens (including phenoxy) is 1. The average Bonchev–Trinajstić information content (AvgIpc) is 2.93. The van der Waals surface area contributed by atoms with Gasteiger partial charge in [0.25, 0.3) is 0 Å². The molecule has 1 N–H and O–H groups in total. The van der Waals surface area contributed by atoms with Gasteiger partial charge in [-0.25, -0.2) is 9.97 Å². The summed E-state index contributed by atoms with van der Waals surface area (Å²) in [7, 11) is 1.71. The van der Waals surface area contributed by atoms with Crippen LogP contribution in [0, 0.1) is 0 Å². The lowest BCUT2D eigenvalue weighted by Gasteiger charge is -2.17. The van der Waals surface area contributed by atoms with E-state index in [9.17, 15) is 0 Å². The molecule has 0 aliphatic rings. The van der Waals surface area contributed by atoms with Gasteiger partial charge < -0.3 is 10.1 Å². The Labute approximate surface area is 107 Å². The van der Waals surface area contributed by atoms with Gasteiger partial charge in [0, 0.05) is 25.5 Å². The molecule has 1 atom stereocenters. The molecule has 0 amide bonds. The SMILES string of the molecule is CCC(COC)Nc1ccc(-n2ccnc2)nc1. The summed E-state index contributed by atoms with van der Waals surface area (Å²) in [6.07, 6.45) is 8.18. The number of pyridine rings is 1. The van der Waals surface area contributed by atoms with Crippen molar-refractivity contribution >= 4 is 5.69 Å². The Bertz CT molecular complexity index is 452. The molecule has 2 aromatic rings. The van der Waals surface area contributed by atoms with Crippen LogP contribution in [0.5, 0.6) is 0 Å². The largest absolute Gasteiger partial charge is 0.383 e. The van der Waals surface area contributed by atoms with Crippen LogP contribution in [0.1, 0.15) is 13.3 Å². The Hall–Kier alpha value is -1.88. The Kier molecular flexibility index (Phi) is 4.30. The van der Waals surface area contributed by atoms with Crippen LogP contribution in [0.4, 0.5) is 5.69 Å². The Balaban J connectivity index is 2.03. The van der Waals surface area contributed by atoms with Gasteiger partial charge in [0.05, 0.1) is 18.5 Å². The highest BCUT2D eigenvalue weighted by molar-refractivity contribution is 5.44. The summed E-state index contributed by atoms with van der Waals surface area (Å²) in [5, 5.41) is 3.39. The van der Waals surface area contributed by atoms with Crippen molar-refractivity contribution in [3.8, 4) is 5.82 Å². The molecular formula is C13H18N4O. The van der Waals surface area contributed by atoms with Gasteiger partial charge in [-0.2, -0.15) is 0 Å². The maximum absolute atomic E-state index is 5.15. The van der Waals surface area contributed by atoms with Gasteiger partial charge in [0.1, 0.15) is 12.1 Å². The molecular weight excluding hydrogens is 228 g/mol. The molecule has 1 unspecified atom stereocenters. The van der Waals surface area contributed by atoms with E-state index in [1.807, 2.05) is 29.1 Å². The van der Waals surface area contributed by atoms with Gasteiger partial charge >= 0.3 is 0 Å². The van der Waals surface area contributed by atoms with Gasteiger partial charge in [-0.3, -0.25) is 4.57 Å². The van der Waals surface area contributed by atoms with Crippen molar-refractivity contribution in [2.24, 2.45) is 0 Å². The lowest BCUT2D eigenvalue weighted by atomic mass is 10.2. The van der Waals surface area contributed by atoms with Crippen molar-refractivity contribution in [3.05, 3.63) is 37.1 Å². The lowest BCUT2D eigenvalue weighted by molar-refractivity contribution is 0.184. The van der Waals surface area contributed by atoms with Crippen LogP contribution in [0.15, 0.2) is 37.1 Å². The third-order valence-electron chi connectivity index (χ3n) is 2.75. The van der Waals surface area contributed by atoms with E-state index in [0.29, 0.717) is 12.6 Å². The minimum atomic E-state index is 0.316. The molecule has 2 rings (SSSR count). The van der Waals surface area contributed by atoms with Crippen molar-refractivity contribution in [3.63, 3.8) is 0 Å². The van der Waals surface area contributed by atoms with Gasteiger partial charge in [-0.1, -0.05) is 6.92 Å². The second-order valence-electron chi connectivity index (χ2n) is 4.08. The number of aromatic nitrogens is 3. The van der Waals surface area contributed by atoms with Crippen LogP contribution in [0.25, 0.3) is 5.82 Å². The smallest absolute Gasteiger partial charge is 0.137 e. The first-order chi connectivity index (χ1) is 8.83. The summed E-state index contributed by atoms with van der Waals surface area (Å²) < 4.78 is 7.03. The van der Waals surface area contributed by atoms with Crippen LogP contribution in [0.3, 0.4) is 0 Å². The zero-order valence-electron chi connectivity index (χ0n) is 10.7. The number of nitrogens with one attached hydrogen (secondary N) is 1. The summed E-state index contributed by atoms with van der Waals surface area (Å²) in [5.41, 5.74) is 1.00. The van der Waals surface area contributed by atoms with E-state index in [2.05, 4.69) is 22.2 Å². The number of anilines is 1. The normalized spacial score (nSPS) is 12.3. The zero-order chi connectivity index (χ0) is 12.8. The molecule has 96 valence electrons. The van der Waals surface area contributed by atoms with Crippen LogP contribution in [0.2, 0.25) is 0 Å². The summed E-state index contributed by atoms with van der Waals surface area (Å²) in [5.74, 6) is 0.859. The molecule has 18 heavy (non-hydrogen) atoms. The number of methoxy groups -OCH3 is 1. The highest BCUT2D eigenvalue weighted by Gasteiger charge is 2.05. The molecule has 2 aromatic heterocycles.